The van der Waals surface area contributed by atoms with Crippen LogP contribution < -0.4 is 9.64 Å². The van der Waals surface area contributed by atoms with Crippen molar-refractivity contribution >= 4 is 39.9 Å². The summed E-state index contributed by atoms with van der Waals surface area (Å²) in [5, 5.41) is 11.3. The van der Waals surface area contributed by atoms with Crippen LogP contribution in [-0.4, -0.2) is 41.0 Å². The van der Waals surface area contributed by atoms with E-state index in [1.165, 1.54) is 6.26 Å². The van der Waals surface area contributed by atoms with E-state index < -0.39 is 23.7 Å². The van der Waals surface area contributed by atoms with Gasteiger partial charge in [0.1, 0.15) is 28.2 Å². The number of rotatable bonds is 7. The molecule has 1 fully saturated rings. The highest BCUT2D eigenvalue weighted by Crippen LogP contribution is 2.44. The van der Waals surface area contributed by atoms with Crippen molar-refractivity contribution in [1.82, 2.24) is 4.98 Å². The van der Waals surface area contributed by atoms with Crippen molar-refractivity contribution in [3.05, 3.63) is 70.1 Å². The molecular weight excluding hydrogens is 460 g/mol. The Hall–Kier alpha value is -3.92. The third-order valence-corrected chi connectivity index (χ3v) is 6.26. The number of aliphatic hydroxyl groups excluding tert-OH is 1. The van der Waals surface area contributed by atoms with Crippen LogP contribution in [0.15, 0.2) is 52.7 Å². The van der Waals surface area contributed by atoms with E-state index in [1.54, 1.807) is 50.2 Å². The first-order valence-corrected chi connectivity index (χ1v) is 11.4. The first kappa shape index (κ1) is 23.2. The topological polar surface area (TPSA) is 119 Å². The lowest BCUT2D eigenvalue weighted by atomic mass is 9.99. The summed E-state index contributed by atoms with van der Waals surface area (Å²) in [6.45, 7) is 5.74. The predicted molar refractivity (Wildman–Crippen MR) is 124 cm³/mol. The van der Waals surface area contributed by atoms with Gasteiger partial charge in [-0.05, 0) is 45.0 Å². The largest absolute Gasteiger partial charge is 0.507 e. The van der Waals surface area contributed by atoms with E-state index in [2.05, 4.69) is 4.98 Å². The Morgan fingerprint density at radius 1 is 1.21 bits per heavy atom. The molecule has 1 amide bonds. The summed E-state index contributed by atoms with van der Waals surface area (Å²) in [4.78, 5) is 44.3. The first-order valence-electron chi connectivity index (χ1n) is 10.6. The molecule has 1 aliphatic heterocycles. The number of esters is 1. The van der Waals surface area contributed by atoms with Crippen LogP contribution in [0.1, 0.15) is 46.6 Å². The fraction of sp³-hybridized carbons (Fsp3) is 0.250. The standard InChI is InChI=1S/C24H22N2O7S/c1-4-31-15-9-6-8-14(12-15)19(27)17-18(16-10-7-11-33-16)26(22(29)20(17)28)24-25-13(3)21(34-24)23(30)32-5-2/h6-12,18,27H,4-5H2,1-3H3. The molecule has 1 N–H and O–H groups in total. The average Bonchev–Trinajstić information content (AvgIpc) is 3.53. The molecule has 0 bridgehead atoms. The number of carbonyl (C=O) groups excluding carboxylic acids is 3. The number of aromatic nitrogens is 1. The molecule has 1 unspecified atom stereocenters. The molecule has 1 aromatic carbocycles. The number of anilines is 1. The molecule has 176 valence electrons. The van der Waals surface area contributed by atoms with Crippen molar-refractivity contribution in [2.75, 3.05) is 18.1 Å². The van der Waals surface area contributed by atoms with E-state index in [9.17, 15) is 19.5 Å². The summed E-state index contributed by atoms with van der Waals surface area (Å²) in [5.41, 5.74) is 0.519. The number of furan rings is 1. The first-order chi connectivity index (χ1) is 16.4. The maximum Gasteiger partial charge on any atom is 0.350 e. The predicted octanol–water partition coefficient (Wildman–Crippen LogP) is 4.25. The van der Waals surface area contributed by atoms with Crippen molar-refractivity contribution < 1.29 is 33.4 Å². The Kier molecular flexibility index (Phi) is 6.51. The van der Waals surface area contributed by atoms with E-state index in [0.29, 0.717) is 23.6 Å². The Morgan fingerprint density at radius 2 is 2.00 bits per heavy atom. The molecule has 0 spiro atoms. The van der Waals surface area contributed by atoms with Crippen LogP contribution >= 0.6 is 11.3 Å². The van der Waals surface area contributed by atoms with Gasteiger partial charge >= 0.3 is 11.9 Å². The van der Waals surface area contributed by atoms with Crippen LogP contribution in [0.25, 0.3) is 5.76 Å². The van der Waals surface area contributed by atoms with Gasteiger partial charge in [-0.25, -0.2) is 9.78 Å². The summed E-state index contributed by atoms with van der Waals surface area (Å²) >= 11 is 0.932. The zero-order chi connectivity index (χ0) is 24.4. The zero-order valence-electron chi connectivity index (χ0n) is 18.7. The maximum atomic E-state index is 13.2. The number of ketones is 1. The Balaban J connectivity index is 1.86. The number of carbonyl (C=O) groups is 3. The SMILES string of the molecule is CCOC(=O)c1sc(N2C(=O)C(=O)C(=C(O)c3cccc(OCC)c3)C2c2ccco2)nc1C. The fourth-order valence-electron chi connectivity index (χ4n) is 3.67. The molecule has 0 aliphatic carbocycles. The Labute approximate surface area is 199 Å². The summed E-state index contributed by atoms with van der Waals surface area (Å²) < 4.78 is 16.1. The minimum Gasteiger partial charge on any atom is -0.507 e. The van der Waals surface area contributed by atoms with Gasteiger partial charge in [0.25, 0.3) is 5.78 Å². The molecule has 0 radical (unpaired) electrons. The molecule has 2 aromatic heterocycles. The van der Waals surface area contributed by atoms with Crippen molar-refractivity contribution in [3.63, 3.8) is 0 Å². The Bertz CT molecular complexity index is 1280. The molecular formula is C24H22N2O7S. The summed E-state index contributed by atoms with van der Waals surface area (Å²) in [5.74, 6) is -1.97. The van der Waals surface area contributed by atoms with E-state index in [0.717, 1.165) is 16.2 Å². The van der Waals surface area contributed by atoms with Crippen LogP contribution in [0.2, 0.25) is 0 Å². The van der Waals surface area contributed by atoms with Crippen molar-refractivity contribution in [1.29, 1.82) is 0 Å². The molecule has 1 atom stereocenters. The number of hydrogen-bond donors (Lipinski definition) is 1. The zero-order valence-corrected chi connectivity index (χ0v) is 19.5. The van der Waals surface area contributed by atoms with E-state index in [4.69, 9.17) is 13.9 Å². The molecule has 34 heavy (non-hydrogen) atoms. The van der Waals surface area contributed by atoms with Crippen molar-refractivity contribution in [3.8, 4) is 5.75 Å². The number of aryl methyl sites for hydroxylation is 1. The number of aliphatic hydroxyl groups is 1. The van der Waals surface area contributed by atoms with Crippen molar-refractivity contribution in [2.45, 2.75) is 26.8 Å². The number of Topliss-reactive ketones (excluding diaryl/α,β-unsaturated/α-hetero) is 1. The number of hydrogen-bond acceptors (Lipinski definition) is 9. The lowest BCUT2D eigenvalue weighted by Gasteiger charge is -2.20. The molecule has 9 nitrogen and oxygen atoms in total. The molecule has 1 aliphatic rings. The van der Waals surface area contributed by atoms with Crippen LogP contribution in [0.3, 0.4) is 0 Å². The van der Waals surface area contributed by atoms with Crippen LogP contribution in [-0.2, 0) is 14.3 Å². The number of amides is 1. The van der Waals surface area contributed by atoms with E-state index in [1.807, 2.05) is 6.92 Å². The lowest BCUT2D eigenvalue weighted by molar-refractivity contribution is -0.132. The number of thiazole rings is 1. The van der Waals surface area contributed by atoms with Gasteiger partial charge in [0.05, 0.1) is 30.7 Å². The minimum atomic E-state index is -1.08. The fourth-order valence-corrected chi connectivity index (χ4v) is 4.66. The molecule has 1 saturated heterocycles. The van der Waals surface area contributed by atoms with Gasteiger partial charge < -0.3 is 19.0 Å². The van der Waals surface area contributed by atoms with Gasteiger partial charge in [-0.2, -0.15) is 0 Å². The quantitative estimate of drug-likeness (QED) is 0.230. The smallest absolute Gasteiger partial charge is 0.350 e. The Morgan fingerprint density at radius 3 is 2.68 bits per heavy atom. The second-order valence-electron chi connectivity index (χ2n) is 7.28. The molecule has 4 rings (SSSR count). The van der Waals surface area contributed by atoms with Gasteiger partial charge in [-0.3, -0.25) is 14.5 Å². The molecule has 3 heterocycles. The number of benzene rings is 1. The van der Waals surface area contributed by atoms with Gasteiger partial charge in [-0.15, -0.1) is 0 Å². The summed E-state index contributed by atoms with van der Waals surface area (Å²) in [6, 6.07) is 8.72. The highest BCUT2D eigenvalue weighted by Gasteiger charge is 2.49. The molecule has 0 saturated carbocycles. The summed E-state index contributed by atoms with van der Waals surface area (Å²) in [6.07, 6.45) is 1.41. The highest BCUT2D eigenvalue weighted by molar-refractivity contribution is 7.17. The van der Waals surface area contributed by atoms with E-state index >= 15 is 0 Å². The lowest BCUT2D eigenvalue weighted by Crippen LogP contribution is -2.29. The second-order valence-corrected chi connectivity index (χ2v) is 8.25. The number of ether oxygens (including phenoxy) is 2. The van der Waals surface area contributed by atoms with Crippen LogP contribution in [0, 0.1) is 6.92 Å². The third-order valence-electron chi connectivity index (χ3n) is 5.13. The van der Waals surface area contributed by atoms with Crippen LogP contribution in [0.5, 0.6) is 5.75 Å². The molecule has 3 aromatic rings. The second kappa shape index (κ2) is 9.52. The minimum absolute atomic E-state index is 0.117. The van der Waals surface area contributed by atoms with Crippen molar-refractivity contribution in [2.24, 2.45) is 0 Å². The van der Waals surface area contributed by atoms with Gasteiger partial charge in [-0.1, -0.05) is 23.5 Å². The highest BCUT2D eigenvalue weighted by atomic mass is 32.1. The molecule has 10 heteroatoms. The van der Waals surface area contributed by atoms with Gasteiger partial charge in [0, 0.05) is 5.56 Å². The monoisotopic (exact) mass is 482 g/mol. The average molecular weight is 483 g/mol. The number of nitrogens with zero attached hydrogens (tertiary/aromatic N) is 2. The van der Waals surface area contributed by atoms with Crippen LogP contribution in [0.4, 0.5) is 5.13 Å². The van der Waals surface area contributed by atoms with E-state index in [-0.39, 0.29) is 33.7 Å². The third kappa shape index (κ3) is 4.08. The normalized spacial score (nSPS) is 17.3. The van der Waals surface area contributed by atoms with Gasteiger partial charge in [0.2, 0.25) is 0 Å². The maximum absolute atomic E-state index is 13.2. The van der Waals surface area contributed by atoms with Gasteiger partial charge in [0.15, 0.2) is 5.13 Å². The summed E-state index contributed by atoms with van der Waals surface area (Å²) in [7, 11) is 0.